The quantitative estimate of drug-likeness (QED) is 0.683. The standard InChI is InChI=1S/C10H20O6S2/c1-7(15-17(11)12)9-5-3-4-6-10(9)8(2)16-18(13)14/h7-10H,3-6H2,1-2H3,(H,11,12)(H,13,14)/p-2. The molecule has 18 heavy (non-hydrogen) atoms. The Morgan fingerprint density at radius 2 is 1.28 bits per heavy atom. The molecule has 6 nitrogen and oxygen atoms in total. The molecule has 0 spiro atoms. The summed E-state index contributed by atoms with van der Waals surface area (Å²) in [5.41, 5.74) is 0. The van der Waals surface area contributed by atoms with E-state index in [2.05, 4.69) is 0 Å². The maximum absolute atomic E-state index is 10.6. The minimum atomic E-state index is -2.55. The third-order valence-electron chi connectivity index (χ3n) is 3.54. The Bertz CT molecular complexity index is 281. The van der Waals surface area contributed by atoms with Gasteiger partial charge in [-0.15, -0.1) is 0 Å². The van der Waals surface area contributed by atoms with Crippen LogP contribution in [0.3, 0.4) is 0 Å². The lowest BCUT2D eigenvalue weighted by Crippen LogP contribution is -2.38. The van der Waals surface area contributed by atoms with Crippen LogP contribution >= 0.6 is 0 Å². The zero-order valence-electron chi connectivity index (χ0n) is 10.4. The van der Waals surface area contributed by atoms with E-state index in [1.54, 1.807) is 13.8 Å². The summed E-state index contributed by atoms with van der Waals surface area (Å²) >= 11 is -5.10. The molecule has 0 aromatic rings. The Kier molecular flexibility index (Phi) is 6.89. The topological polar surface area (TPSA) is 98.7 Å². The van der Waals surface area contributed by atoms with Gasteiger partial charge in [-0.05, 0) is 38.5 Å². The lowest BCUT2D eigenvalue weighted by Gasteiger charge is -2.38. The van der Waals surface area contributed by atoms with Crippen molar-refractivity contribution in [3.05, 3.63) is 0 Å². The van der Waals surface area contributed by atoms with Gasteiger partial charge in [0.1, 0.15) is 0 Å². The van der Waals surface area contributed by atoms with Crippen molar-refractivity contribution in [2.75, 3.05) is 0 Å². The monoisotopic (exact) mass is 298 g/mol. The molecule has 0 amide bonds. The summed E-state index contributed by atoms with van der Waals surface area (Å²) in [6.07, 6.45) is 2.71. The summed E-state index contributed by atoms with van der Waals surface area (Å²) in [5, 5.41) is 0. The molecule has 1 saturated carbocycles. The van der Waals surface area contributed by atoms with Crippen molar-refractivity contribution in [2.45, 2.75) is 51.7 Å². The Morgan fingerprint density at radius 3 is 1.56 bits per heavy atom. The van der Waals surface area contributed by atoms with Crippen LogP contribution < -0.4 is 0 Å². The molecule has 1 aliphatic carbocycles. The fourth-order valence-electron chi connectivity index (χ4n) is 2.74. The van der Waals surface area contributed by atoms with E-state index in [-0.39, 0.29) is 11.8 Å². The summed E-state index contributed by atoms with van der Waals surface area (Å²) in [4.78, 5) is 0. The van der Waals surface area contributed by atoms with Gasteiger partial charge in [-0.1, -0.05) is 12.8 Å². The smallest absolute Gasteiger partial charge is 0.0844 e. The van der Waals surface area contributed by atoms with Crippen molar-refractivity contribution in [1.29, 1.82) is 0 Å². The average molecular weight is 298 g/mol. The first kappa shape index (κ1) is 16.2. The lowest BCUT2D eigenvalue weighted by molar-refractivity contribution is 0.0227. The fraction of sp³-hybridized carbons (Fsp3) is 1.00. The second-order valence-corrected chi connectivity index (χ2v) is 5.82. The minimum Gasteiger partial charge on any atom is -0.750 e. The zero-order chi connectivity index (χ0) is 13.7. The van der Waals surface area contributed by atoms with E-state index in [0.29, 0.717) is 0 Å². The van der Waals surface area contributed by atoms with Gasteiger partial charge in [-0.25, -0.2) is 8.42 Å². The largest absolute Gasteiger partial charge is 0.750 e. The summed E-state index contributed by atoms with van der Waals surface area (Å²) in [6, 6.07) is 0. The molecule has 1 fully saturated rings. The molecule has 108 valence electrons. The third-order valence-corrected chi connectivity index (χ3v) is 4.46. The van der Waals surface area contributed by atoms with Gasteiger partial charge in [0, 0.05) is 0 Å². The van der Waals surface area contributed by atoms with Crippen LogP contribution in [0, 0.1) is 11.8 Å². The predicted molar refractivity (Wildman–Crippen MR) is 64.4 cm³/mol. The molecule has 0 N–H and O–H groups in total. The highest BCUT2D eigenvalue weighted by Crippen LogP contribution is 2.36. The summed E-state index contributed by atoms with van der Waals surface area (Å²) in [7, 11) is 0. The number of hydrogen-bond acceptors (Lipinski definition) is 6. The van der Waals surface area contributed by atoms with Crippen LogP contribution in [-0.4, -0.2) is 29.7 Å². The van der Waals surface area contributed by atoms with Gasteiger partial charge < -0.3 is 9.11 Å². The first-order chi connectivity index (χ1) is 8.41. The van der Waals surface area contributed by atoms with E-state index in [4.69, 9.17) is 8.37 Å². The Labute approximate surface area is 112 Å². The van der Waals surface area contributed by atoms with E-state index in [1.807, 2.05) is 0 Å². The normalized spacial score (nSPS) is 31.6. The fourth-order valence-corrected chi connectivity index (χ4v) is 3.53. The molecule has 0 aromatic carbocycles. The molecular formula is C10H18O6S2-2. The molecule has 0 radical (unpaired) electrons. The van der Waals surface area contributed by atoms with Crippen molar-refractivity contribution in [3.63, 3.8) is 0 Å². The van der Waals surface area contributed by atoms with Gasteiger partial charge in [0.15, 0.2) is 0 Å². The van der Waals surface area contributed by atoms with Crippen LogP contribution in [-0.2, 0) is 31.1 Å². The molecule has 0 saturated heterocycles. The first-order valence-electron chi connectivity index (χ1n) is 5.94. The van der Waals surface area contributed by atoms with Crippen LogP contribution in [0.4, 0.5) is 0 Å². The first-order valence-corrected chi connectivity index (χ1v) is 7.94. The highest BCUT2D eigenvalue weighted by atomic mass is 32.2. The molecular weight excluding hydrogens is 280 g/mol. The summed E-state index contributed by atoms with van der Waals surface area (Å²) in [5.74, 6) is -0.00889. The van der Waals surface area contributed by atoms with E-state index in [0.717, 1.165) is 25.7 Å². The Hall–Kier alpha value is 0.140. The summed E-state index contributed by atoms with van der Waals surface area (Å²) in [6.45, 7) is 3.39. The predicted octanol–water partition coefficient (Wildman–Crippen LogP) is 1.19. The van der Waals surface area contributed by atoms with Crippen molar-refractivity contribution in [3.8, 4) is 0 Å². The van der Waals surface area contributed by atoms with E-state index >= 15 is 0 Å². The molecule has 6 unspecified atom stereocenters. The molecule has 1 aliphatic rings. The molecule has 8 heteroatoms. The molecule has 0 aliphatic heterocycles. The molecule has 1 rings (SSSR count). The van der Waals surface area contributed by atoms with E-state index in [1.165, 1.54) is 0 Å². The SMILES string of the molecule is CC(OS(=O)[O-])C1CCCCC1C(C)OS(=O)[O-]. The average Bonchev–Trinajstić information content (AvgIpc) is 2.27. The maximum atomic E-state index is 10.6. The number of hydrogen-bond donors (Lipinski definition) is 0. The minimum absolute atomic E-state index is 0.00444. The Morgan fingerprint density at radius 1 is 0.944 bits per heavy atom. The van der Waals surface area contributed by atoms with E-state index in [9.17, 15) is 17.5 Å². The Balaban J connectivity index is 2.66. The number of rotatable bonds is 6. The maximum Gasteiger partial charge on any atom is 0.0844 e. The van der Waals surface area contributed by atoms with Crippen molar-refractivity contribution >= 4 is 22.7 Å². The van der Waals surface area contributed by atoms with Crippen molar-refractivity contribution in [1.82, 2.24) is 0 Å². The van der Waals surface area contributed by atoms with Crippen molar-refractivity contribution < 1.29 is 25.9 Å². The highest BCUT2D eigenvalue weighted by molar-refractivity contribution is 7.74. The van der Waals surface area contributed by atoms with Crippen LogP contribution in [0.15, 0.2) is 0 Å². The highest BCUT2D eigenvalue weighted by Gasteiger charge is 2.34. The van der Waals surface area contributed by atoms with Crippen LogP contribution in [0.5, 0.6) is 0 Å². The van der Waals surface area contributed by atoms with E-state index < -0.39 is 34.9 Å². The molecule has 0 heterocycles. The van der Waals surface area contributed by atoms with Gasteiger partial charge in [0.25, 0.3) is 0 Å². The van der Waals surface area contributed by atoms with Gasteiger partial charge in [-0.2, -0.15) is 0 Å². The second kappa shape index (κ2) is 7.66. The second-order valence-electron chi connectivity index (χ2n) is 4.62. The van der Waals surface area contributed by atoms with Gasteiger partial charge >= 0.3 is 0 Å². The third kappa shape index (κ3) is 5.02. The molecule has 6 atom stereocenters. The molecule has 0 aromatic heterocycles. The molecule has 0 bridgehead atoms. The van der Waals surface area contributed by atoms with Crippen LogP contribution in [0.2, 0.25) is 0 Å². The zero-order valence-corrected chi connectivity index (χ0v) is 12.0. The van der Waals surface area contributed by atoms with Crippen LogP contribution in [0.25, 0.3) is 0 Å². The van der Waals surface area contributed by atoms with Gasteiger partial charge in [0.2, 0.25) is 0 Å². The summed E-state index contributed by atoms with van der Waals surface area (Å²) < 4.78 is 51.8. The van der Waals surface area contributed by atoms with Gasteiger partial charge in [0.05, 0.1) is 34.9 Å². The van der Waals surface area contributed by atoms with Gasteiger partial charge in [-0.3, -0.25) is 8.37 Å². The lowest BCUT2D eigenvalue weighted by atomic mass is 9.74. The van der Waals surface area contributed by atoms with Crippen LogP contribution in [0.1, 0.15) is 39.5 Å². The van der Waals surface area contributed by atoms with Crippen molar-refractivity contribution in [2.24, 2.45) is 11.8 Å².